The van der Waals surface area contributed by atoms with E-state index in [-0.39, 0.29) is 0 Å². The highest BCUT2D eigenvalue weighted by molar-refractivity contribution is 7.99. The van der Waals surface area contributed by atoms with Gasteiger partial charge in [-0.1, -0.05) is 6.42 Å². The van der Waals surface area contributed by atoms with Gasteiger partial charge in [0.1, 0.15) is 5.75 Å². The molecule has 17 heavy (non-hydrogen) atoms. The van der Waals surface area contributed by atoms with E-state index < -0.39 is 6.10 Å². The number of nitrogens with zero attached hydrogens (tertiary/aromatic N) is 1. The Labute approximate surface area is 107 Å². The Bertz CT molecular complexity index is 353. The molecule has 1 saturated heterocycles. The number of aliphatic hydroxyl groups is 1. The van der Waals surface area contributed by atoms with Crippen LogP contribution in [0.25, 0.3) is 0 Å². The van der Waals surface area contributed by atoms with E-state index in [1.807, 2.05) is 24.8 Å². The molecular formula is C13H19NO2S. The lowest BCUT2D eigenvalue weighted by molar-refractivity contribution is 0.168. The molecular weight excluding hydrogens is 234 g/mol. The average Bonchev–Trinajstić information content (AvgIpc) is 2.40. The maximum Gasteiger partial charge on any atom is 0.137 e. The van der Waals surface area contributed by atoms with Crippen LogP contribution in [0.2, 0.25) is 0 Å². The van der Waals surface area contributed by atoms with Gasteiger partial charge in [-0.3, -0.25) is 4.98 Å². The van der Waals surface area contributed by atoms with Gasteiger partial charge in [0.15, 0.2) is 0 Å². The molecule has 0 bridgehead atoms. The Morgan fingerprint density at radius 3 is 3.12 bits per heavy atom. The number of pyridine rings is 1. The van der Waals surface area contributed by atoms with Gasteiger partial charge in [-0.25, -0.2) is 0 Å². The minimum atomic E-state index is -0.423. The molecule has 1 aromatic heterocycles. The summed E-state index contributed by atoms with van der Waals surface area (Å²) < 4.78 is 5.40. The molecule has 2 heterocycles. The second-order valence-corrected chi connectivity index (χ2v) is 5.58. The van der Waals surface area contributed by atoms with Gasteiger partial charge in [0.2, 0.25) is 0 Å². The summed E-state index contributed by atoms with van der Waals surface area (Å²) in [5.41, 5.74) is 0.871. The zero-order valence-electron chi connectivity index (χ0n) is 10.1. The second kappa shape index (κ2) is 6.26. The Balaban J connectivity index is 2.06. The normalized spacial score (nSPS) is 22.1. The lowest BCUT2D eigenvalue weighted by atomic mass is 10.0. The van der Waals surface area contributed by atoms with Crippen LogP contribution in [0, 0.1) is 0 Å². The molecule has 3 nitrogen and oxygen atoms in total. The monoisotopic (exact) mass is 253 g/mol. The van der Waals surface area contributed by atoms with Gasteiger partial charge >= 0.3 is 0 Å². The lowest BCUT2D eigenvalue weighted by Crippen LogP contribution is -2.19. The molecule has 0 radical (unpaired) electrons. The number of rotatable bonds is 4. The molecule has 0 aliphatic carbocycles. The molecule has 2 unspecified atom stereocenters. The summed E-state index contributed by atoms with van der Waals surface area (Å²) in [4.78, 5) is 4.12. The first kappa shape index (κ1) is 12.7. The Morgan fingerprint density at radius 1 is 1.53 bits per heavy atom. The predicted molar refractivity (Wildman–Crippen MR) is 70.5 cm³/mol. The summed E-state index contributed by atoms with van der Waals surface area (Å²) in [7, 11) is 0. The van der Waals surface area contributed by atoms with Gasteiger partial charge in [-0.15, -0.1) is 0 Å². The summed E-state index contributed by atoms with van der Waals surface area (Å²) in [6.07, 6.45) is 6.58. The summed E-state index contributed by atoms with van der Waals surface area (Å²) in [6, 6.07) is 1.90. The van der Waals surface area contributed by atoms with Crippen molar-refractivity contribution in [3.05, 3.63) is 24.0 Å². The third kappa shape index (κ3) is 3.36. The van der Waals surface area contributed by atoms with Crippen molar-refractivity contribution in [3.8, 4) is 5.75 Å². The van der Waals surface area contributed by atoms with E-state index in [0.29, 0.717) is 11.9 Å². The molecule has 0 spiro atoms. The SMILES string of the molecule is CCOc1cncc(C(O)C2CCCCS2)c1. The number of aromatic nitrogens is 1. The Hall–Kier alpha value is -0.740. The fourth-order valence-electron chi connectivity index (χ4n) is 2.07. The summed E-state index contributed by atoms with van der Waals surface area (Å²) in [5.74, 6) is 1.89. The van der Waals surface area contributed by atoms with Crippen LogP contribution >= 0.6 is 11.8 Å². The van der Waals surface area contributed by atoms with Crippen LogP contribution in [-0.4, -0.2) is 27.7 Å². The smallest absolute Gasteiger partial charge is 0.137 e. The quantitative estimate of drug-likeness (QED) is 0.896. The first-order valence-electron chi connectivity index (χ1n) is 6.18. The fraction of sp³-hybridized carbons (Fsp3) is 0.615. The fourth-order valence-corrected chi connectivity index (χ4v) is 3.42. The molecule has 1 aromatic rings. The van der Waals surface area contributed by atoms with Crippen LogP contribution in [0.3, 0.4) is 0 Å². The summed E-state index contributed by atoms with van der Waals surface area (Å²) in [6.45, 7) is 2.57. The molecule has 1 fully saturated rings. The highest BCUT2D eigenvalue weighted by atomic mass is 32.2. The van der Waals surface area contributed by atoms with Crippen LogP contribution in [-0.2, 0) is 0 Å². The Morgan fingerprint density at radius 2 is 2.41 bits per heavy atom. The molecule has 2 rings (SSSR count). The van der Waals surface area contributed by atoms with Crippen molar-refractivity contribution in [1.29, 1.82) is 0 Å². The van der Waals surface area contributed by atoms with E-state index >= 15 is 0 Å². The maximum atomic E-state index is 10.3. The maximum absolute atomic E-state index is 10.3. The van der Waals surface area contributed by atoms with E-state index in [9.17, 15) is 5.11 Å². The summed E-state index contributed by atoms with van der Waals surface area (Å²) >= 11 is 1.87. The number of ether oxygens (including phenoxy) is 1. The summed E-state index contributed by atoms with van der Waals surface area (Å²) in [5, 5.41) is 10.6. The van der Waals surface area contributed by atoms with Crippen LogP contribution in [0.15, 0.2) is 18.5 Å². The largest absolute Gasteiger partial charge is 0.492 e. The first-order valence-corrected chi connectivity index (χ1v) is 7.23. The van der Waals surface area contributed by atoms with Crippen molar-refractivity contribution in [2.45, 2.75) is 37.5 Å². The van der Waals surface area contributed by atoms with E-state index in [0.717, 1.165) is 23.5 Å². The minimum Gasteiger partial charge on any atom is -0.492 e. The van der Waals surface area contributed by atoms with Gasteiger partial charge in [-0.2, -0.15) is 11.8 Å². The van der Waals surface area contributed by atoms with Crippen LogP contribution in [0.4, 0.5) is 0 Å². The van der Waals surface area contributed by atoms with E-state index in [2.05, 4.69) is 4.98 Å². The van der Waals surface area contributed by atoms with Crippen LogP contribution in [0.1, 0.15) is 37.9 Å². The van der Waals surface area contributed by atoms with Crippen molar-refractivity contribution in [2.24, 2.45) is 0 Å². The van der Waals surface area contributed by atoms with Crippen molar-refractivity contribution in [1.82, 2.24) is 4.98 Å². The third-order valence-electron chi connectivity index (χ3n) is 2.95. The van der Waals surface area contributed by atoms with Crippen molar-refractivity contribution < 1.29 is 9.84 Å². The van der Waals surface area contributed by atoms with E-state index in [1.165, 1.54) is 12.8 Å². The third-order valence-corrected chi connectivity index (χ3v) is 4.40. The van der Waals surface area contributed by atoms with Crippen molar-refractivity contribution >= 4 is 11.8 Å². The molecule has 1 aliphatic rings. The zero-order valence-corrected chi connectivity index (χ0v) is 10.9. The van der Waals surface area contributed by atoms with Gasteiger partial charge < -0.3 is 9.84 Å². The number of aliphatic hydroxyl groups excluding tert-OH is 1. The van der Waals surface area contributed by atoms with Crippen molar-refractivity contribution in [2.75, 3.05) is 12.4 Å². The van der Waals surface area contributed by atoms with E-state index in [4.69, 9.17) is 4.74 Å². The number of hydrogen-bond acceptors (Lipinski definition) is 4. The highest BCUT2D eigenvalue weighted by Crippen LogP contribution is 2.35. The van der Waals surface area contributed by atoms with Gasteiger partial charge in [0, 0.05) is 17.0 Å². The molecule has 0 saturated carbocycles. The Kier molecular flexibility index (Phi) is 4.68. The zero-order chi connectivity index (χ0) is 12.1. The molecule has 2 atom stereocenters. The number of thioether (sulfide) groups is 1. The first-order chi connectivity index (χ1) is 8.31. The van der Waals surface area contributed by atoms with Crippen LogP contribution < -0.4 is 4.74 Å². The highest BCUT2D eigenvalue weighted by Gasteiger charge is 2.24. The molecule has 0 amide bonds. The van der Waals surface area contributed by atoms with Gasteiger partial charge in [-0.05, 0) is 31.6 Å². The van der Waals surface area contributed by atoms with Crippen LogP contribution in [0.5, 0.6) is 5.75 Å². The van der Waals surface area contributed by atoms with Gasteiger partial charge in [0.25, 0.3) is 0 Å². The molecule has 1 N–H and O–H groups in total. The number of hydrogen-bond donors (Lipinski definition) is 1. The van der Waals surface area contributed by atoms with Crippen molar-refractivity contribution in [3.63, 3.8) is 0 Å². The molecule has 4 heteroatoms. The van der Waals surface area contributed by atoms with E-state index in [1.54, 1.807) is 12.4 Å². The lowest BCUT2D eigenvalue weighted by Gasteiger charge is -2.26. The van der Waals surface area contributed by atoms with Gasteiger partial charge in [0.05, 0.1) is 18.9 Å². The second-order valence-electron chi connectivity index (χ2n) is 4.24. The molecule has 94 valence electrons. The standard InChI is InChI=1S/C13H19NO2S/c1-2-16-11-7-10(8-14-9-11)13(15)12-5-3-4-6-17-12/h7-9,12-13,15H,2-6H2,1H3. The molecule has 0 aromatic carbocycles. The molecule has 1 aliphatic heterocycles. The topological polar surface area (TPSA) is 42.4 Å². The predicted octanol–water partition coefficient (Wildman–Crippen LogP) is 2.80. The minimum absolute atomic E-state index is 0.308. The average molecular weight is 253 g/mol.